The van der Waals surface area contributed by atoms with E-state index in [1.165, 1.54) is 11.3 Å². The van der Waals surface area contributed by atoms with Gasteiger partial charge < -0.3 is 20.7 Å². The number of hydrogen-bond acceptors (Lipinski definition) is 7. The minimum Gasteiger partial charge on any atom is -0.378 e. The summed E-state index contributed by atoms with van der Waals surface area (Å²) < 4.78 is 6.55. The van der Waals surface area contributed by atoms with Gasteiger partial charge in [-0.25, -0.2) is 4.98 Å². The van der Waals surface area contributed by atoms with Gasteiger partial charge in [0.05, 0.1) is 23.4 Å². The minimum absolute atomic E-state index is 0.270. The van der Waals surface area contributed by atoms with Crippen LogP contribution < -0.4 is 16.0 Å². The zero-order valence-corrected chi connectivity index (χ0v) is 16.0. The van der Waals surface area contributed by atoms with Gasteiger partial charge in [0.25, 0.3) is 0 Å². The molecule has 0 amide bonds. The van der Waals surface area contributed by atoms with Crippen molar-refractivity contribution in [3.8, 4) is 0 Å². The molecule has 8 heteroatoms. The molecule has 0 radical (unpaired) electrons. The van der Waals surface area contributed by atoms with E-state index in [0.29, 0.717) is 11.3 Å². The van der Waals surface area contributed by atoms with Crippen LogP contribution in [-0.4, -0.2) is 54.4 Å². The highest BCUT2D eigenvalue weighted by Gasteiger charge is 2.33. The van der Waals surface area contributed by atoms with Crippen LogP contribution >= 0.6 is 22.9 Å². The van der Waals surface area contributed by atoms with Gasteiger partial charge in [-0.1, -0.05) is 0 Å². The molecule has 0 bridgehead atoms. The predicted octanol–water partition coefficient (Wildman–Crippen LogP) is 2.19. The van der Waals surface area contributed by atoms with Gasteiger partial charge in [-0.15, -0.1) is 11.3 Å². The highest BCUT2D eigenvalue weighted by atomic mass is 35.5. The number of fused-ring (bicyclic) bond motifs is 1. The Bertz CT molecular complexity index is 753. The van der Waals surface area contributed by atoms with Crippen molar-refractivity contribution in [2.75, 3.05) is 37.7 Å². The number of aromatic nitrogens is 2. The average molecular weight is 382 g/mol. The van der Waals surface area contributed by atoms with E-state index in [-0.39, 0.29) is 5.54 Å². The van der Waals surface area contributed by atoms with Gasteiger partial charge in [-0.3, -0.25) is 0 Å². The van der Waals surface area contributed by atoms with Gasteiger partial charge in [0.15, 0.2) is 5.82 Å². The van der Waals surface area contributed by atoms with Gasteiger partial charge in [0.1, 0.15) is 0 Å². The maximum Gasteiger partial charge on any atom is 0.224 e. The van der Waals surface area contributed by atoms with E-state index >= 15 is 0 Å². The lowest BCUT2D eigenvalue weighted by molar-refractivity contribution is 0.122. The Morgan fingerprint density at radius 1 is 1.44 bits per heavy atom. The summed E-state index contributed by atoms with van der Waals surface area (Å²) in [6.07, 6.45) is 3.17. The summed E-state index contributed by atoms with van der Waals surface area (Å²) in [5.41, 5.74) is 7.29. The Kier molecular flexibility index (Phi) is 4.85. The third-order valence-corrected chi connectivity index (χ3v) is 6.39. The summed E-state index contributed by atoms with van der Waals surface area (Å²) in [6.45, 7) is 6.30. The van der Waals surface area contributed by atoms with E-state index in [1.807, 2.05) is 0 Å². The lowest BCUT2D eigenvalue weighted by Crippen LogP contribution is -2.54. The topological polar surface area (TPSA) is 76.3 Å². The molecule has 2 atom stereocenters. The number of hydrogen-bond donors (Lipinski definition) is 2. The molecule has 136 valence electrons. The van der Waals surface area contributed by atoms with E-state index in [9.17, 15) is 0 Å². The summed E-state index contributed by atoms with van der Waals surface area (Å²) in [6, 6.07) is 2.49. The molecule has 3 N–H and O–H groups in total. The first-order chi connectivity index (χ1) is 12.0. The van der Waals surface area contributed by atoms with Gasteiger partial charge in [-0.2, -0.15) is 4.98 Å². The van der Waals surface area contributed by atoms with Gasteiger partial charge in [0.2, 0.25) is 5.28 Å². The van der Waals surface area contributed by atoms with E-state index in [1.54, 1.807) is 11.3 Å². The van der Waals surface area contributed by atoms with E-state index in [4.69, 9.17) is 22.1 Å². The van der Waals surface area contributed by atoms with Crippen LogP contribution in [0.25, 0.3) is 10.2 Å². The molecule has 2 aliphatic rings. The van der Waals surface area contributed by atoms with Gasteiger partial charge >= 0.3 is 0 Å². The second-order valence-electron chi connectivity index (χ2n) is 7.17. The predicted molar refractivity (Wildman–Crippen MR) is 103 cm³/mol. The van der Waals surface area contributed by atoms with E-state index in [2.05, 4.69) is 33.2 Å². The summed E-state index contributed by atoms with van der Waals surface area (Å²) >= 11 is 7.92. The normalized spacial score (nSPS) is 24.0. The molecule has 2 aliphatic heterocycles. The van der Waals surface area contributed by atoms with Crippen molar-refractivity contribution in [2.24, 2.45) is 5.73 Å². The second-order valence-corrected chi connectivity index (χ2v) is 8.65. The molecule has 2 fully saturated rings. The number of halogens is 1. The SMILES string of the molecule is CC(N)(Cc1cc2nc(Cl)nc(N3CCOCC3)c2s1)C1CCCN1. The fourth-order valence-electron chi connectivity index (χ4n) is 3.76. The Balaban J connectivity index is 1.65. The van der Waals surface area contributed by atoms with Crippen molar-refractivity contribution < 1.29 is 4.74 Å². The molecule has 2 unspecified atom stereocenters. The van der Waals surface area contributed by atoms with Gasteiger partial charge in [0, 0.05) is 36.0 Å². The van der Waals surface area contributed by atoms with Crippen molar-refractivity contribution in [3.63, 3.8) is 0 Å². The van der Waals surface area contributed by atoms with Crippen LogP contribution in [-0.2, 0) is 11.2 Å². The largest absolute Gasteiger partial charge is 0.378 e. The zero-order chi connectivity index (χ0) is 17.4. The summed E-state index contributed by atoms with van der Waals surface area (Å²) in [7, 11) is 0. The molecule has 4 heterocycles. The third-order valence-electron chi connectivity index (χ3n) is 5.10. The molecule has 0 aromatic carbocycles. The molecular weight excluding hydrogens is 358 g/mol. The fraction of sp³-hybridized carbons (Fsp3) is 0.647. The molecule has 0 spiro atoms. The number of nitrogens with zero attached hydrogens (tertiary/aromatic N) is 3. The molecule has 2 saturated heterocycles. The fourth-order valence-corrected chi connectivity index (χ4v) is 5.22. The number of nitrogens with one attached hydrogen (secondary N) is 1. The maximum absolute atomic E-state index is 6.64. The van der Waals surface area contributed by atoms with Crippen molar-refractivity contribution in [1.29, 1.82) is 0 Å². The minimum atomic E-state index is -0.270. The van der Waals surface area contributed by atoms with Crippen LogP contribution in [0.4, 0.5) is 5.82 Å². The monoisotopic (exact) mass is 381 g/mol. The third kappa shape index (κ3) is 3.61. The number of anilines is 1. The smallest absolute Gasteiger partial charge is 0.224 e. The number of rotatable bonds is 4. The van der Waals surface area contributed by atoms with E-state index in [0.717, 1.165) is 61.7 Å². The number of nitrogens with two attached hydrogens (primary N) is 1. The molecule has 2 aromatic rings. The Labute approximate surface area is 156 Å². The molecule has 2 aromatic heterocycles. The van der Waals surface area contributed by atoms with Crippen molar-refractivity contribution in [1.82, 2.24) is 15.3 Å². The maximum atomic E-state index is 6.64. The first kappa shape index (κ1) is 17.4. The van der Waals surface area contributed by atoms with Crippen molar-refractivity contribution in [3.05, 3.63) is 16.2 Å². The van der Waals surface area contributed by atoms with Gasteiger partial charge in [-0.05, 0) is 44.0 Å². The Hall–Kier alpha value is -0.990. The number of thiophene rings is 1. The number of ether oxygens (including phenoxy) is 1. The Morgan fingerprint density at radius 3 is 2.96 bits per heavy atom. The van der Waals surface area contributed by atoms with Crippen LogP contribution in [0.1, 0.15) is 24.6 Å². The molecule has 6 nitrogen and oxygen atoms in total. The molecule has 0 aliphatic carbocycles. The summed E-state index contributed by atoms with van der Waals surface area (Å²) in [4.78, 5) is 12.4. The lowest BCUT2D eigenvalue weighted by atomic mass is 9.88. The zero-order valence-electron chi connectivity index (χ0n) is 14.4. The van der Waals surface area contributed by atoms with Crippen molar-refractivity contribution in [2.45, 2.75) is 37.8 Å². The number of morpholine rings is 1. The summed E-state index contributed by atoms with van der Waals surface area (Å²) in [5.74, 6) is 0.923. The van der Waals surface area contributed by atoms with Crippen LogP contribution in [0.5, 0.6) is 0 Å². The van der Waals surface area contributed by atoms with Crippen LogP contribution in [0, 0.1) is 0 Å². The van der Waals surface area contributed by atoms with Crippen LogP contribution in [0.3, 0.4) is 0 Å². The Morgan fingerprint density at radius 2 is 2.24 bits per heavy atom. The highest BCUT2D eigenvalue weighted by Crippen LogP contribution is 2.35. The van der Waals surface area contributed by atoms with Crippen LogP contribution in [0.2, 0.25) is 5.28 Å². The first-order valence-electron chi connectivity index (χ1n) is 8.84. The van der Waals surface area contributed by atoms with Crippen molar-refractivity contribution >= 4 is 39.0 Å². The lowest BCUT2D eigenvalue weighted by Gasteiger charge is -2.31. The highest BCUT2D eigenvalue weighted by molar-refractivity contribution is 7.19. The second kappa shape index (κ2) is 6.96. The van der Waals surface area contributed by atoms with E-state index < -0.39 is 0 Å². The summed E-state index contributed by atoms with van der Waals surface area (Å²) in [5, 5.41) is 3.83. The average Bonchev–Trinajstić information content (AvgIpc) is 3.24. The quantitative estimate of drug-likeness (QED) is 0.790. The molecule has 25 heavy (non-hydrogen) atoms. The molecular formula is C17H24ClN5OS. The van der Waals surface area contributed by atoms with Crippen LogP contribution in [0.15, 0.2) is 6.07 Å². The molecule has 4 rings (SSSR count). The first-order valence-corrected chi connectivity index (χ1v) is 10.0. The molecule has 0 saturated carbocycles. The standard InChI is InChI=1S/C17H24ClN5OS/c1-17(19,13-3-2-4-20-13)10-11-9-12-14(25-11)15(22-16(18)21-12)23-5-7-24-8-6-23/h9,13,20H,2-8,10,19H2,1H3.